The van der Waals surface area contributed by atoms with Crippen molar-refractivity contribution in [3.63, 3.8) is 0 Å². The number of aromatic nitrogens is 1. The van der Waals surface area contributed by atoms with Crippen molar-refractivity contribution in [3.05, 3.63) is 48.0 Å². The summed E-state index contributed by atoms with van der Waals surface area (Å²) < 4.78 is 15.4. The van der Waals surface area contributed by atoms with E-state index in [1.54, 1.807) is 24.4 Å². The fourth-order valence-corrected chi connectivity index (χ4v) is 5.80. The maximum atomic E-state index is 15.4. The smallest absolute Gasteiger partial charge is 0.269 e. The molecule has 0 spiro atoms. The van der Waals surface area contributed by atoms with E-state index in [2.05, 4.69) is 10.3 Å². The van der Waals surface area contributed by atoms with E-state index < -0.39 is 5.41 Å². The maximum absolute atomic E-state index is 15.4. The molecule has 2 heterocycles. The molecule has 7 nitrogen and oxygen atoms in total. The Kier molecular flexibility index (Phi) is 8.47. The van der Waals surface area contributed by atoms with Crippen molar-refractivity contribution < 1.29 is 19.1 Å². The molecular weight excluding hydrogens is 471 g/mol. The van der Waals surface area contributed by atoms with Gasteiger partial charge in [-0.3, -0.25) is 14.6 Å². The number of anilines is 1. The number of aliphatic hydroxyl groups is 1. The summed E-state index contributed by atoms with van der Waals surface area (Å²) >= 11 is 0. The van der Waals surface area contributed by atoms with E-state index >= 15 is 4.39 Å². The highest BCUT2D eigenvalue weighted by Crippen LogP contribution is 2.37. The standard InChI is InChI=1S/C29H39FN4O3/c1-4-31-27(36)25-13-7-21(18-32-25)20-8-14-26(24(30)17-20)33-16-6-15-29(3,19-33)28(37)34(5-2)22-9-11-23(35)12-10-22/h7-8,13-14,17-18,22-23,35H,4-6,9-12,15-16,19H2,1-3H3,(H,31,36)/t22?,23?,29-/m1/s1. The van der Waals surface area contributed by atoms with Crippen LogP contribution in [-0.2, 0) is 4.79 Å². The van der Waals surface area contributed by atoms with Crippen molar-refractivity contribution in [2.45, 2.75) is 71.4 Å². The molecule has 200 valence electrons. The highest BCUT2D eigenvalue weighted by molar-refractivity contribution is 5.92. The molecular formula is C29H39FN4O3. The summed E-state index contributed by atoms with van der Waals surface area (Å²) in [6, 6.07) is 8.71. The highest BCUT2D eigenvalue weighted by atomic mass is 19.1. The van der Waals surface area contributed by atoms with Crippen molar-refractivity contribution in [2.24, 2.45) is 5.41 Å². The third-order valence-electron chi connectivity index (χ3n) is 7.88. The van der Waals surface area contributed by atoms with Gasteiger partial charge in [0.25, 0.3) is 5.91 Å². The zero-order valence-corrected chi connectivity index (χ0v) is 22.2. The van der Waals surface area contributed by atoms with E-state index in [-0.39, 0.29) is 29.8 Å². The summed E-state index contributed by atoms with van der Waals surface area (Å²) in [5.74, 6) is -0.437. The van der Waals surface area contributed by atoms with Crippen LogP contribution in [0.3, 0.4) is 0 Å². The Morgan fingerprint density at radius 3 is 2.51 bits per heavy atom. The number of carbonyl (C=O) groups excluding carboxylic acids is 2. The number of nitrogens with one attached hydrogen (secondary N) is 1. The van der Waals surface area contributed by atoms with Crippen molar-refractivity contribution in [1.29, 1.82) is 0 Å². The van der Waals surface area contributed by atoms with Gasteiger partial charge in [0.15, 0.2) is 0 Å². The van der Waals surface area contributed by atoms with E-state index in [1.807, 2.05) is 36.6 Å². The lowest BCUT2D eigenvalue weighted by atomic mass is 9.79. The average Bonchev–Trinajstić information content (AvgIpc) is 2.90. The Morgan fingerprint density at radius 2 is 1.89 bits per heavy atom. The molecule has 0 unspecified atom stereocenters. The Morgan fingerprint density at radius 1 is 1.16 bits per heavy atom. The molecule has 37 heavy (non-hydrogen) atoms. The quantitative estimate of drug-likeness (QED) is 0.577. The van der Waals surface area contributed by atoms with Gasteiger partial charge in [0.05, 0.1) is 17.2 Å². The number of aliphatic hydroxyl groups excluding tert-OH is 1. The van der Waals surface area contributed by atoms with Crippen molar-refractivity contribution in [2.75, 3.05) is 31.1 Å². The highest BCUT2D eigenvalue weighted by Gasteiger charge is 2.42. The minimum Gasteiger partial charge on any atom is -0.393 e. The van der Waals surface area contributed by atoms with Gasteiger partial charge in [0, 0.05) is 44.0 Å². The van der Waals surface area contributed by atoms with Gasteiger partial charge in [-0.15, -0.1) is 0 Å². The lowest BCUT2D eigenvalue weighted by Crippen LogP contribution is -2.55. The van der Waals surface area contributed by atoms with Gasteiger partial charge in [0.1, 0.15) is 11.5 Å². The number of hydrogen-bond donors (Lipinski definition) is 2. The summed E-state index contributed by atoms with van der Waals surface area (Å²) in [5, 5.41) is 12.6. The molecule has 2 aromatic rings. The zero-order valence-electron chi connectivity index (χ0n) is 22.2. The number of piperidine rings is 1. The molecule has 1 saturated heterocycles. The number of nitrogens with zero attached hydrogens (tertiary/aromatic N) is 3. The average molecular weight is 511 g/mol. The van der Waals surface area contributed by atoms with Gasteiger partial charge in [-0.1, -0.05) is 12.1 Å². The molecule has 4 rings (SSSR count). The van der Waals surface area contributed by atoms with Crippen LogP contribution in [-0.4, -0.2) is 65.1 Å². The van der Waals surface area contributed by atoms with Crippen molar-refractivity contribution in [1.82, 2.24) is 15.2 Å². The number of hydrogen-bond acceptors (Lipinski definition) is 5. The molecule has 8 heteroatoms. The molecule has 1 aliphatic heterocycles. The van der Waals surface area contributed by atoms with Crippen LogP contribution in [0.4, 0.5) is 10.1 Å². The molecule has 1 aromatic carbocycles. The van der Waals surface area contributed by atoms with E-state index in [1.165, 1.54) is 6.07 Å². The summed E-state index contributed by atoms with van der Waals surface area (Å²) in [6.45, 7) is 8.21. The Bertz CT molecular complexity index is 1100. The molecule has 2 fully saturated rings. The van der Waals surface area contributed by atoms with Gasteiger partial charge in [-0.25, -0.2) is 4.39 Å². The molecule has 2 aliphatic rings. The van der Waals surface area contributed by atoms with E-state index in [0.29, 0.717) is 43.1 Å². The first-order valence-electron chi connectivity index (χ1n) is 13.5. The minimum atomic E-state index is -0.589. The number of amides is 2. The van der Waals surface area contributed by atoms with Crippen molar-refractivity contribution >= 4 is 17.5 Å². The predicted octanol–water partition coefficient (Wildman–Crippen LogP) is 4.40. The van der Waals surface area contributed by atoms with E-state index in [0.717, 1.165) is 44.1 Å². The number of halogens is 1. The predicted molar refractivity (Wildman–Crippen MR) is 143 cm³/mol. The van der Waals surface area contributed by atoms with Crippen LogP contribution in [0.5, 0.6) is 0 Å². The fourth-order valence-electron chi connectivity index (χ4n) is 5.80. The van der Waals surface area contributed by atoms with Gasteiger partial charge in [0.2, 0.25) is 5.91 Å². The molecule has 1 aliphatic carbocycles. The first kappa shape index (κ1) is 27.0. The van der Waals surface area contributed by atoms with Crippen LogP contribution in [0, 0.1) is 11.2 Å². The number of benzene rings is 1. The Balaban J connectivity index is 1.48. The topological polar surface area (TPSA) is 85.8 Å². The normalized spacial score (nSPS) is 24.0. The van der Waals surface area contributed by atoms with Crippen LogP contribution < -0.4 is 10.2 Å². The first-order chi connectivity index (χ1) is 17.8. The van der Waals surface area contributed by atoms with E-state index in [9.17, 15) is 14.7 Å². The van der Waals surface area contributed by atoms with E-state index in [4.69, 9.17) is 0 Å². The van der Waals surface area contributed by atoms with Gasteiger partial charge in [-0.2, -0.15) is 0 Å². The van der Waals surface area contributed by atoms with Crippen LogP contribution in [0.2, 0.25) is 0 Å². The molecule has 1 saturated carbocycles. The maximum Gasteiger partial charge on any atom is 0.269 e. The molecule has 0 radical (unpaired) electrons. The van der Waals surface area contributed by atoms with Crippen LogP contribution >= 0.6 is 0 Å². The molecule has 2 N–H and O–H groups in total. The second-order valence-corrected chi connectivity index (χ2v) is 10.6. The Labute approximate surface area is 219 Å². The summed E-state index contributed by atoms with van der Waals surface area (Å²) in [5.41, 5.74) is 1.65. The lowest BCUT2D eigenvalue weighted by molar-refractivity contribution is -0.145. The second-order valence-electron chi connectivity index (χ2n) is 10.6. The number of carbonyl (C=O) groups is 2. The number of pyridine rings is 1. The summed E-state index contributed by atoms with van der Waals surface area (Å²) in [7, 11) is 0. The molecule has 0 bridgehead atoms. The van der Waals surface area contributed by atoms with Gasteiger partial charge < -0.3 is 20.2 Å². The van der Waals surface area contributed by atoms with Crippen LogP contribution in [0.1, 0.15) is 69.8 Å². The second kappa shape index (κ2) is 11.6. The SMILES string of the molecule is CCNC(=O)c1ccc(-c2ccc(N3CCC[C@@](C)(C(=O)N(CC)C4CCC(O)CC4)C3)c(F)c2)cn1. The van der Waals surface area contributed by atoms with Crippen LogP contribution in [0.15, 0.2) is 36.5 Å². The number of rotatable bonds is 7. The van der Waals surface area contributed by atoms with Gasteiger partial charge >= 0.3 is 0 Å². The molecule has 2 amide bonds. The minimum absolute atomic E-state index is 0.136. The fraction of sp³-hybridized carbons (Fsp3) is 0.552. The largest absolute Gasteiger partial charge is 0.393 e. The zero-order chi connectivity index (χ0) is 26.6. The van der Waals surface area contributed by atoms with Crippen LogP contribution in [0.25, 0.3) is 11.1 Å². The Hall–Kier alpha value is -3.00. The third-order valence-corrected chi connectivity index (χ3v) is 7.88. The van der Waals surface area contributed by atoms with Crippen molar-refractivity contribution in [3.8, 4) is 11.1 Å². The van der Waals surface area contributed by atoms with Gasteiger partial charge in [-0.05, 0) is 83.1 Å². The monoisotopic (exact) mass is 510 g/mol. The molecule has 1 aromatic heterocycles. The lowest BCUT2D eigenvalue weighted by Gasteiger charge is -2.45. The summed E-state index contributed by atoms with van der Waals surface area (Å²) in [6.07, 6.45) is 6.04. The third kappa shape index (κ3) is 5.95. The summed E-state index contributed by atoms with van der Waals surface area (Å²) in [4.78, 5) is 33.9. The first-order valence-corrected chi connectivity index (χ1v) is 13.5. The molecule has 1 atom stereocenters.